The van der Waals surface area contributed by atoms with Crippen LogP contribution in [-0.2, 0) is 16.1 Å². The SMILES string of the molecule is CC(C)(C)OC(=O)N1CCC(NCc2ccccn2)C(C(=O)O)C1. The van der Waals surface area contributed by atoms with E-state index in [4.69, 9.17) is 4.74 Å². The highest BCUT2D eigenvalue weighted by molar-refractivity contribution is 5.74. The number of piperidine rings is 1. The third-order valence-corrected chi connectivity index (χ3v) is 3.85. The quantitative estimate of drug-likeness (QED) is 0.873. The van der Waals surface area contributed by atoms with E-state index < -0.39 is 23.6 Å². The maximum absolute atomic E-state index is 12.1. The second-order valence-corrected chi connectivity index (χ2v) is 6.97. The molecule has 1 aliphatic heterocycles. The molecule has 1 fully saturated rings. The zero-order valence-electron chi connectivity index (χ0n) is 14.4. The van der Waals surface area contributed by atoms with Crippen molar-refractivity contribution >= 4 is 12.1 Å². The van der Waals surface area contributed by atoms with Gasteiger partial charge in [-0.15, -0.1) is 0 Å². The van der Waals surface area contributed by atoms with Crippen LogP contribution < -0.4 is 5.32 Å². The number of hydrogen-bond donors (Lipinski definition) is 2. The normalized spacial score (nSPS) is 21.4. The van der Waals surface area contributed by atoms with Crippen molar-refractivity contribution in [3.8, 4) is 0 Å². The van der Waals surface area contributed by atoms with Crippen LogP contribution in [0.25, 0.3) is 0 Å². The smallest absolute Gasteiger partial charge is 0.410 e. The maximum atomic E-state index is 12.1. The Morgan fingerprint density at radius 2 is 2.17 bits per heavy atom. The van der Waals surface area contributed by atoms with Crippen LogP contribution in [0.5, 0.6) is 0 Å². The lowest BCUT2D eigenvalue weighted by atomic mass is 9.92. The number of nitrogens with zero attached hydrogens (tertiary/aromatic N) is 2. The van der Waals surface area contributed by atoms with Gasteiger partial charge in [-0.25, -0.2) is 4.79 Å². The van der Waals surface area contributed by atoms with Crippen molar-refractivity contribution in [1.29, 1.82) is 0 Å². The standard InChI is InChI=1S/C17H25N3O4/c1-17(2,3)24-16(23)20-9-7-14(13(11-20)15(21)22)19-10-12-6-4-5-8-18-12/h4-6,8,13-14,19H,7,9-11H2,1-3H3,(H,21,22). The summed E-state index contributed by atoms with van der Waals surface area (Å²) in [6.07, 6.45) is 1.80. The lowest BCUT2D eigenvalue weighted by Gasteiger charge is -2.37. The number of likely N-dealkylation sites (tertiary alicyclic amines) is 1. The summed E-state index contributed by atoms with van der Waals surface area (Å²) < 4.78 is 5.33. The molecule has 0 aromatic carbocycles. The van der Waals surface area contributed by atoms with Crippen molar-refractivity contribution < 1.29 is 19.4 Å². The molecule has 1 aromatic rings. The molecule has 0 aliphatic carbocycles. The lowest BCUT2D eigenvalue weighted by molar-refractivity contribution is -0.144. The first-order valence-electron chi connectivity index (χ1n) is 8.10. The van der Waals surface area contributed by atoms with Crippen molar-refractivity contribution in [3.63, 3.8) is 0 Å². The van der Waals surface area contributed by atoms with Gasteiger partial charge in [-0.3, -0.25) is 9.78 Å². The van der Waals surface area contributed by atoms with E-state index in [2.05, 4.69) is 10.3 Å². The van der Waals surface area contributed by atoms with E-state index in [1.54, 1.807) is 27.0 Å². The Morgan fingerprint density at radius 1 is 1.42 bits per heavy atom. The minimum atomic E-state index is -0.915. The number of carboxylic acid groups (broad SMARTS) is 1. The minimum absolute atomic E-state index is 0.143. The van der Waals surface area contributed by atoms with E-state index in [1.807, 2.05) is 18.2 Å². The summed E-state index contributed by atoms with van der Waals surface area (Å²) in [4.78, 5) is 29.4. The van der Waals surface area contributed by atoms with Gasteiger partial charge in [0.15, 0.2) is 0 Å². The van der Waals surface area contributed by atoms with Crippen molar-refractivity contribution in [2.24, 2.45) is 5.92 Å². The van der Waals surface area contributed by atoms with Crippen LogP contribution in [0, 0.1) is 5.92 Å². The van der Waals surface area contributed by atoms with Crippen molar-refractivity contribution in [2.75, 3.05) is 13.1 Å². The number of carbonyl (C=O) groups excluding carboxylic acids is 1. The van der Waals surface area contributed by atoms with Crippen LogP contribution in [0.2, 0.25) is 0 Å². The average molecular weight is 335 g/mol. The first kappa shape index (κ1) is 18.2. The molecule has 2 unspecified atom stereocenters. The van der Waals surface area contributed by atoms with Gasteiger partial charge in [0.25, 0.3) is 0 Å². The molecule has 7 nitrogen and oxygen atoms in total. The summed E-state index contributed by atoms with van der Waals surface area (Å²) in [5.41, 5.74) is 0.264. The third-order valence-electron chi connectivity index (χ3n) is 3.85. The van der Waals surface area contributed by atoms with Crippen molar-refractivity contribution in [1.82, 2.24) is 15.2 Å². The molecular formula is C17H25N3O4. The molecule has 0 radical (unpaired) electrons. The number of nitrogens with one attached hydrogen (secondary N) is 1. The number of aromatic nitrogens is 1. The molecule has 0 spiro atoms. The van der Waals surface area contributed by atoms with E-state index in [0.29, 0.717) is 19.5 Å². The van der Waals surface area contributed by atoms with Gasteiger partial charge >= 0.3 is 12.1 Å². The molecule has 7 heteroatoms. The summed E-state index contributed by atoms with van der Waals surface area (Å²) in [7, 11) is 0. The predicted molar refractivity (Wildman–Crippen MR) is 88.4 cm³/mol. The monoisotopic (exact) mass is 335 g/mol. The second kappa shape index (κ2) is 7.61. The third kappa shape index (κ3) is 5.19. The van der Waals surface area contributed by atoms with Gasteiger partial charge in [0, 0.05) is 31.9 Å². The van der Waals surface area contributed by atoms with E-state index >= 15 is 0 Å². The first-order chi connectivity index (χ1) is 11.3. The fraction of sp³-hybridized carbons (Fsp3) is 0.588. The first-order valence-corrected chi connectivity index (χ1v) is 8.10. The molecule has 132 valence electrons. The molecular weight excluding hydrogens is 310 g/mol. The average Bonchev–Trinajstić information content (AvgIpc) is 2.52. The van der Waals surface area contributed by atoms with Gasteiger partial charge in [0.05, 0.1) is 11.6 Å². The molecule has 1 aromatic heterocycles. The van der Waals surface area contributed by atoms with Crippen LogP contribution in [-0.4, -0.2) is 51.8 Å². The maximum Gasteiger partial charge on any atom is 0.410 e. The summed E-state index contributed by atoms with van der Waals surface area (Å²) in [6.45, 7) is 6.49. The molecule has 1 aliphatic rings. The zero-order valence-corrected chi connectivity index (χ0v) is 14.4. The highest BCUT2D eigenvalue weighted by Crippen LogP contribution is 2.20. The largest absolute Gasteiger partial charge is 0.481 e. The Balaban J connectivity index is 1.95. The van der Waals surface area contributed by atoms with Crippen molar-refractivity contribution in [3.05, 3.63) is 30.1 Å². The number of amides is 1. The Labute approximate surface area is 142 Å². The van der Waals surface area contributed by atoms with Crippen LogP contribution in [0.4, 0.5) is 4.79 Å². The topological polar surface area (TPSA) is 91.8 Å². The Morgan fingerprint density at radius 3 is 2.75 bits per heavy atom. The molecule has 1 amide bonds. The van der Waals surface area contributed by atoms with Crippen LogP contribution in [0.3, 0.4) is 0 Å². The second-order valence-electron chi connectivity index (χ2n) is 6.97. The number of carbonyl (C=O) groups is 2. The number of carboxylic acids is 1. The summed E-state index contributed by atoms with van der Waals surface area (Å²) >= 11 is 0. The number of hydrogen-bond acceptors (Lipinski definition) is 5. The van der Waals surface area contributed by atoms with Gasteiger partial charge in [-0.2, -0.15) is 0 Å². The van der Waals surface area contributed by atoms with E-state index in [9.17, 15) is 14.7 Å². The molecule has 2 atom stereocenters. The molecule has 24 heavy (non-hydrogen) atoms. The molecule has 1 saturated heterocycles. The van der Waals surface area contributed by atoms with Crippen LogP contribution >= 0.6 is 0 Å². The number of pyridine rings is 1. The molecule has 2 rings (SSSR count). The van der Waals surface area contributed by atoms with Gasteiger partial charge in [-0.05, 0) is 39.3 Å². The molecule has 2 N–H and O–H groups in total. The van der Waals surface area contributed by atoms with Gasteiger partial charge in [0.2, 0.25) is 0 Å². The Hall–Kier alpha value is -2.15. The van der Waals surface area contributed by atoms with Gasteiger partial charge < -0.3 is 20.1 Å². The minimum Gasteiger partial charge on any atom is -0.481 e. The lowest BCUT2D eigenvalue weighted by Crippen LogP contribution is -2.54. The molecule has 0 saturated carbocycles. The fourth-order valence-electron chi connectivity index (χ4n) is 2.68. The summed E-state index contributed by atoms with van der Waals surface area (Å²) in [6, 6.07) is 5.41. The van der Waals surface area contributed by atoms with E-state index in [0.717, 1.165) is 5.69 Å². The molecule has 0 bridgehead atoms. The van der Waals surface area contributed by atoms with E-state index in [1.165, 1.54) is 4.90 Å². The Kier molecular flexibility index (Phi) is 5.77. The van der Waals surface area contributed by atoms with Gasteiger partial charge in [0.1, 0.15) is 5.60 Å². The number of rotatable bonds is 4. The summed E-state index contributed by atoms with van der Waals surface area (Å²) in [5, 5.41) is 12.8. The zero-order chi connectivity index (χ0) is 17.7. The predicted octanol–water partition coefficient (Wildman–Crippen LogP) is 1.88. The highest BCUT2D eigenvalue weighted by Gasteiger charge is 2.37. The van der Waals surface area contributed by atoms with Crippen LogP contribution in [0.15, 0.2) is 24.4 Å². The molecule has 2 heterocycles. The van der Waals surface area contributed by atoms with Crippen molar-refractivity contribution in [2.45, 2.75) is 45.4 Å². The highest BCUT2D eigenvalue weighted by atomic mass is 16.6. The van der Waals surface area contributed by atoms with E-state index in [-0.39, 0.29) is 12.6 Å². The number of aliphatic carboxylic acids is 1. The number of ether oxygens (including phenoxy) is 1. The van der Waals surface area contributed by atoms with Gasteiger partial charge in [-0.1, -0.05) is 6.07 Å². The fourth-order valence-corrected chi connectivity index (χ4v) is 2.68. The Bertz CT molecular complexity index is 571. The van der Waals surface area contributed by atoms with Crippen LogP contribution in [0.1, 0.15) is 32.9 Å². The summed E-state index contributed by atoms with van der Waals surface area (Å²) in [5.74, 6) is -1.59.